The van der Waals surface area contributed by atoms with Crippen molar-refractivity contribution >= 4 is 56.5 Å². The molecule has 0 spiro atoms. The summed E-state index contributed by atoms with van der Waals surface area (Å²) in [4.78, 5) is 76.2. The average molecular weight is 611 g/mol. The van der Waals surface area contributed by atoms with Gasteiger partial charge in [-0.3, -0.25) is 49.2 Å². The van der Waals surface area contributed by atoms with Crippen molar-refractivity contribution in [2.75, 3.05) is 39.3 Å². The highest BCUT2D eigenvalue weighted by Crippen LogP contribution is 2.34. The Morgan fingerprint density at radius 1 is 0.556 bits per heavy atom. The van der Waals surface area contributed by atoms with Crippen LogP contribution in [0.4, 0.5) is 11.4 Å². The number of carbonyl (C=O) groups is 4. The molecule has 14 nitrogen and oxygen atoms in total. The fraction of sp³-hybridized carbons (Fsp3) is 0.226. The van der Waals surface area contributed by atoms with Crippen molar-refractivity contribution in [3.05, 3.63) is 103 Å². The first kappa shape index (κ1) is 29.5. The van der Waals surface area contributed by atoms with Crippen molar-refractivity contribution in [1.29, 1.82) is 0 Å². The van der Waals surface area contributed by atoms with Crippen LogP contribution in [0, 0.1) is 20.2 Å². The molecular weight excluding hydrogens is 584 g/mol. The van der Waals surface area contributed by atoms with Crippen LogP contribution in [0.5, 0.6) is 0 Å². The Labute approximate surface area is 254 Å². The molecule has 0 radical (unpaired) electrons. The summed E-state index contributed by atoms with van der Waals surface area (Å²) in [5, 5.41) is 30.9. The number of hydrogen-bond donors (Lipinski definition) is 2. The maximum absolute atomic E-state index is 13.1. The molecule has 0 aliphatic carbocycles. The lowest BCUT2D eigenvalue weighted by Crippen LogP contribution is -2.44. The van der Waals surface area contributed by atoms with E-state index in [9.17, 15) is 39.4 Å². The fourth-order valence-electron chi connectivity index (χ4n) is 5.87. The van der Waals surface area contributed by atoms with E-state index in [4.69, 9.17) is 0 Å². The number of rotatable bonds is 12. The molecule has 2 N–H and O–H groups in total. The zero-order valence-corrected chi connectivity index (χ0v) is 23.8. The van der Waals surface area contributed by atoms with Gasteiger partial charge in [0.25, 0.3) is 35.0 Å². The lowest BCUT2D eigenvalue weighted by molar-refractivity contribution is -0.384. The van der Waals surface area contributed by atoms with Crippen molar-refractivity contribution < 1.29 is 29.0 Å². The number of imide groups is 2. The van der Waals surface area contributed by atoms with Crippen LogP contribution >= 0.6 is 0 Å². The zero-order valence-electron chi connectivity index (χ0n) is 23.8. The number of nitrogens with zero attached hydrogens (tertiary/aromatic N) is 4. The summed E-state index contributed by atoms with van der Waals surface area (Å²) in [7, 11) is 0. The average Bonchev–Trinajstić information content (AvgIpc) is 3.03. The predicted octanol–water partition coefficient (Wildman–Crippen LogP) is 3.27. The number of nitro benzene ring substituents is 2. The lowest BCUT2D eigenvalue weighted by atomic mass is 9.93. The molecule has 4 amide bonds. The first-order chi connectivity index (χ1) is 21.7. The molecule has 0 saturated heterocycles. The number of nitro groups is 2. The maximum Gasteiger partial charge on any atom is 0.270 e. The zero-order chi connectivity index (χ0) is 31.8. The van der Waals surface area contributed by atoms with Gasteiger partial charge in [0.2, 0.25) is 0 Å². The molecule has 0 unspecified atom stereocenters. The molecule has 4 aromatic rings. The summed E-state index contributed by atoms with van der Waals surface area (Å²) in [6, 6.07) is 14.9. The number of amides is 4. The molecule has 0 atom stereocenters. The van der Waals surface area contributed by atoms with Gasteiger partial charge in [0.15, 0.2) is 0 Å². The van der Waals surface area contributed by atoms with Crippen LogP contribution in [0.1, 0.15) is 47.9 Å². The second kappa shape index (κ2) is 11.8. The van der Waals surface area contributed by atoms with Crippen LogP contribution in [0.25, 0.3) is 21.5 Å². The molecule has 6 rings (SSSR count). The fourth-order valence-corrected chi connectivity index (χ4v) is 5.87. The molecule has 14 heteroatoms. The lowest BCUT2D eigenvalue weighted by Gasteiger charge is -2.27. The Bertz CT molecular complexity index is 1820. The van der Waals surface area contributed by atoms with Crippen molar-refractivity contribution in [3.8, 4) is 0 Å². The molecule has 45 heavy (non-hydrogen) atoms. The standard InChI is InChI=1S/C31H26N6O8/c38-28-22-6-1-4-18-14-20(36(42)43)16-24(26(18)22)30(40)34(28)12-10-32-8-3-9-33-11-13-35-29(39)23-7-2-5-19-15-21(37(44)45)17-25(27(19)23)31(35)41/h1-2,4-7,14-17,32-33H,3,8-13H2. The summed E-state index contributed by atoms with van der Waals surface area (Å²) < 4.78 is 0. The van der Waals surface area contributed by atoms with Gasteiger partial charge < -0.3 is 10.6 Å². The van der Waals surface area contributed by atoms with Gasteiger partial charge in [0.05, 0.1) is 21.0 Å². The van der Waals surface area contributed by atoms with E-state index in [-0.39, 0.29) is 35.6 Å². The van der Waals surface area contributed by atoms with E-state index in [1.54, 1.807) is 36.4 Å². The largest absolute Gasteiger partial charge is 0.315 e. The van der Waals surface area contributed by atoms with E-state index in [1.165, 1.54) is 24.3 Å². The molecule has 0 bridgehead atoms. The maximum atomic E-state index is 13.1. The van der Waals surface area contributed by atoms with E-state index in [0.29, 0.717) is 65.3 Å². The molecule has 0 fully saturated rings. The number of benzene rings is 4. The summed E-state index contributed by atoms with van der Waals surface area (Å²) in [6.07, 6.45) is 0.659. The van der Waals surface area contributed by atoms with Crippen LogP contribution in [-0.4, -0.2) is 82.5 Å². The summed E-state index contributed by atoms with van der Waals surface area (Å²) in [5.74, 6) is -2.06. The normalized spacial score (nSPS) is 14.1. The number of nitrogens with one attached hydrogen (secondary N) is 2. The Hall–Kier alpha value is -5.60. The van der Waals surface area contributed by atoms with Crippen LogP contribution in [0.2, 0.25) is 0 Å². The van der Waals surface area contributed by atoms with Crippen molar-refractivity contribution in [2.24, 2.45) is 0 Å². The topological polar surface area (TPSA) is 185 Å². The van der Waals surface area contributed by atoms with Crippen molar-refractivity contribution in [2.45, 2.75) is 6.42 Å². The summed E-state index contributed by atoms with van der Waals surface area (Å²) >= 11 is 0. The quantitative estimate of drug-likeness (QED) is 0.104. The van der Waals surface area contributed by atoms with Gasteiger partial charge in [0, 0.05) is 72.3 Å². The number of carbonyl (C=O) groups excluding carboxylic acids is 4. The Morgan fingerprint density at radius 3 is 1.36 bits per heavy atom. The first-order valence-electron chi connectivity index (χ1n) is 14.2. The SMILES string of the molecule is O=C1c2cccc3cc([N+](=O)[O-])cc(c23)C(=O)N1CCNCCCNCCN1C(=O)c2cccc3cc([N+](=O)[O-])cc(c23)C1=O. The molecule has 228 valence electrons. The Morgan fingerprint density at radius 2 is 0.956 bits per heavy atom. The van der Waals surface area contributed by atoms with E-state index in [1.807, 2.05) is 0 Å². The van der Waals surface area contributed by atoms with Crippen molar-refractivity contribution in [3.63, 3.8) is 0 Å². The third-order valence-corrected chi connectivity index (χ3v) is 7.98. The molecule has 2 aliphatic rings. The second-order valence-corrected chi connectivity index (χ2v) is 10.7. The first-order valence-corrected chi connectivity index (χ1v) is 14.2. The smallest absolute Gasteiger partial charge is 0.270 e. The van der Waals surface area contributed by atoms with Gasteiger partial charge in [-0.15, -0.1) is 0 Å². The third-order valence-electron chi connectivity index (χ3n) is 7.98. The monoisotopic (exact) mass is 610 g/mol. The third kappa shape index (κ3) is 5.25. The van der Waals surface area contributed by atoms with Crippen LogP contribution in [-0.2, 0) is 0 Å². The van der Waals surface area contributed by atoms with Gasteiger partial charge in [0.1, 0.15) is 0 Å². The second-order valence-electron chi connectivity index (χ2n) is 10.7. The minimum absolute atomic E-state index is 0.0786. The van der Waals surface area contributed by atoms with Crippen LogP contribution in [0.15, 0.2) is 60.7 Å². The van der Waals surface area contributed by atoms with Gasteiger partial charge in [-0.1, -0.05) is 24.3 Å². The Balaban J connectivity index is 0.977. The highest BCUT2D eigenvalue weighted by atomic mass is 16.6. The minimum atomic E-state index is -0.578. The van der Waals surface area contributed by atoms with E-state index in [0.717, 1.165) is 9.80 Å². The van der Waals surface area contributed by atoms with Gasteiger partial charge >= 0.3 is 0 Å². The molecule has 0 aromatic heterocycles. The number of non-ortho nitro benzene ring substituents is 2. The van der Waals surface area contributed by atoms with Gasteiger partial charge in [-0.25, -0.2) is 0 Å². The van der Waals surface area contributed by atoms with Crippen LogP contribution < -0.4 is 10.6 Å². The summed E-state index contributed by atoms with van der Waals surface area (Å²) in [6.45, 7) is 1.87. The molecule has 4 aromatic carbocycles. The van der Waals surface area contributed by atoms with E-state index in [2.05, 4.69) is 10.6 Å². The van der Waals surface area contributed by atoms with E-state index >= 15 is 0 Å². The van der Waals surface area contributed by atoms with Crippen LogP contribution in [0.3, 0.4) is 0 Å². The Kier molecular flexibility index (Phi) is 7.74. The highest BCUT2D eigenvalue weighted by molar-refractivity contribution is 6.26. The van der Waals surface area contributed by atoms with Gasteiger partial charge in [-0.2, -0.15) is 0 Å². The van der Waals surface area contributed by atoms with Gasteiger partial charge in [-0.05, 0) is 42.4 Å². The van der Waals surface area contributed by atoms with Crippen molar-refractivity contribution in [1.82, 2.24) is 20.4 Å². The minimum Gasteiger partial charge on any atom is -0.315 e. The molecule has 0 saturated carbocycles. The molecule has 2 heterocycles. The van der Waals surface area contributed by atoms with E-state index < -0.39 is 33.5 Å². The molecule has 2 aliphatic heterocycles. The summed E-state index contributed by atoms with van der Waals surface area (Å²) in [5.41, 5.74) is 0.465. The number of hydrogen-bond acceptors (Lipinski definition) is 10. The molecular formula is C31H26N6O8. The predicted molar refractivity (Wildman–Crippen MR) is 162 cm³/mol. The highest BCUT2D eigenvalue weighted by Gasteiger charge is 2.35.